The van der Waals surface area contributed by atoms with E-state index in [9.17, 15) is 0 Å². The van der Waals surface area contributed by atoms with Crippen LogP contribution in [0.3, 0.4) is 0 Å². The molecule has 8 aromatic rings. The summed E-state index contributed by atoms with van der Waals surface area (Å²) in [6.45, 7) is 4.62. The third-order valence-corrected chi connectivity index (χ3v) is 10.00. The standard InChI is InChI=1S/C36H24N2S/c1-36(2)27-14-6-3-10-21(27)26-20-30-32(25-18-19-37-35(36)33(25)26)24-12-4-7-15-28(24)38(30)29-16-9-13-23-22-11-5-8-17-31(22)39-34(23)29/h3-20H,1-2H3. The largest absolute Gasteiger partial charge is 0.308 e. The van der Waals surface area contributed by atoms with Crippen LogP contribution in [-0.2, 0) is 5.41 Å². The van der Waals surface area contributed by atoms with Gasteiger partial charge in [-0.1, -0.05) is 86.6 Å². The minimum atomic E-state index is -0.169. The molecule has 0 saturated heterocycles. The van der Waals surface area contributed by atoms with Gasteiger partial charge in [0.2, 0.25) is 0 Å². The molecule has 3 heterocycles. The smallest absolute Gasteiger partial charge is 0.0640 e. The fraction of sp³-hybridized carbons (Fsp3) is 0.0833. The van der Waals surface area contributed by atoms with Gasteiger partial charge in [0.05, 0.1) is 27.1 Å². The van der Waals surface area contributed by atoms with Crippen molar-refractivity contribution in [2.75, 3.05) is 0 Å². The number of pyridine rings is 1. The summed E-state index contributed by atoms with van der Waals surface area (Å²) in [5.41, 5.74) is 8.65. The number of aromatic nitrogens is 2. The van der Waals surface area contributed by atoms with E-state index in [4.69, 9.17) is 4.98 Å². The Morgan fingerprint density at radius 2 is 1.41 bits per heavy atom. The van der Waals surface area contributed by atoms with Crippen molar-refractivity contribution < 1.29 is 0 Å². The van der Waals surface area contributed by atoms with Gasteiger partial charge in [0.25, 0.3) is 0 Å². The maximum atomic E-state index is 5.00. The van der Waals surface area contributed by atoms with Crippen molar-refractivity contribution in [1.29, 1.82) is 0 Å². The summed E-state index contributed by atoms with van der Waals surface area (Å²) < 4.78 is 5.15. The summed E-state index contributed by atoms with van der Waals surface area (Å²) in [5.74, 6) is 0. The molecule has 0 aliphatic heterocycles. The number of para-hydroxylation sites is 1. The average molecular weight is 517 g/mol. The molecule has 0 saturated carbocycles. The second-order valence-corrected chi connectivity index (χ2v) is 12.2. The topological polar surface area (TPSA) is 17.8 Å². The normalized spacial score (nSPS) is 14.1. The minimum Gasteiger partial charge on any atom is -0.308 e. The van der Waals surface area contributed by atoms with E-state index in [-0.39, 0.29) is 5.41 Å². The number of thiophene rings is 1. The molecule has 0 unspecified atom stereocenters. The quantitative estimate of drug-likeness (QED) is 0.212. The molecule has 39 heavy (non-hydrogen) atoms. The Hall–Kier alpha value is -4.47. The highest BCUT2D eigenvalue weighted by molar-refractivity contribution is 7.26. The second-order valence-electron chi connectivity index (χ2n) is 11.2. The highest BCUT2D eigenvalue weighted by atomic mass is 32.1. The molecule has 184 valence electrons. The first-order valence-electron chi connectivity index (χ1n) is 13.5. The number of hydrogen-bond acceptors (Lipinski definition) is 2. The Kier molecular flexibility index (Phi) is 4.04. The highest BCUT2D eigenvalue weighted by Crippen LogP contribution is 2.51. The lowest BCUT2D eigenvalue weighted by Crippen LogP contribution is -2.25. The molecule has 3 heteroatoms. The molecule has 0 atom stereocenters. The summed E-state index contributed by atoms with van der Waals surface area (Å²) in [6, 6.07) is 37.9. The van der Waals surface area contributed by atoms with Gasteiger partial charge >= 0.3 is 0 Å². The van der Waals surface area contributed by atoms with Gasteiger partial charge in [0.15, 0.2) is 0 Å². The zero-order chi connectivity index (χ0) is 25.9. The van der Waals surface area contributed by atoms with Crippen LogP contribution in [0.15, 0.2) is 109 Å². The van der Waals surface area contributed by atoms with Crippen LogP contribution in [-0.4, -0.2) is 9.55 Å². The molecule has 9 rings (SSSR count). The number of nitrogens with zero attached hydrogens (tertiary/aromatic N) is 2. The number of fused-ring (bicyclic) bond motifs is 9. The Labute approximate surface area is 229 Å². The van der Waals surface area contributed by atoms with E-state index < -0.39 is 0 Å². The van der Waals surface area contributed by atoms with E-state index in [1.165, 1.54) is 80.8 Å². The van der Waals surface area contributed by atoms with E-state index in [2.05, 4.69) is 122 Å². The fourth-order valence-electron chi connectivity index (χ4n) is 7.08. The van der Waals surface area contributed by atoms with E-state index in [1.807, 2.05) is 17.5 Å². The Morgan fingerprint density at radius 1 is 0.641 bits per heavy atom. The van der Waals surface area contributed by atoms with Crippen LogP contribution in [0.25, 0.3) is 69.6 Å². The van der Waals surface area contributed by atoms with Crippen LogP contribution in [0.4, 0.5) is 0 Å². The molecular formula is C36H24N2S. The molecule has 0 N–H and O–H groups in total. The molecule has 0 amide bonds. The predicted molar refractivity (Wildman–Crippen MR) is 167 cm³/mol. The van der Waals surface area contributed by atoms with E-state index in [0.717, 1.165) is 0 Å². The predicted octanol–water partition coefficient (Wildman–Crippen LogP) is 10.0. The monoisotopic (exact) mass is 516 g/mol. The Balaban J connectivity index is 1.52. The van der Waals surface area contributed by atoms with Gasteiger partial charge in [0.1, 0.15) is 0 Å². The van der Waals surface area contributed by atoms with Crippen LogP contribution < -0.4 is 0 Å². The van der Waals surface area contributed by atoms with Crippen LogP contribution in [0.5, 0.6) is 0 Å². The Morgan fingerprint density at radius 3 is 2.33 bits per heavy atom. The van der Waals surface area contributed by atoms with Crippen LogP contribution >= 0.6 is 11.3 Å². The minimum absolute atomic E-state index is 0.169. The first kappa shape index (κ1) is 21.5. The lowest BCUT2D eigenvalue weighted by atomic mass is 9.70. The molecule has 0 bridgehead atoms. The first-order chi connectivity index (χ1) is 19.1. The summed E-state index contributed by atoms with van der Waals surface area (Å²) in [5, 5.41) is 7.81. The van der Waals surface area contributed by atoms with Gasteiger partial charge in [-0.2, -0.15) is 0 Å². The van der Waals surface area contributed by atoms with Crippen molar-refractivity contribution in [3.63, 3.8) is 0 Å². The van der Waals surface area contributed by atoms with Crippen LogP contribution in [0.1, 0.15) is 25.1 Å². The SMILES string of the molecule is CC1(C)c2ccccc2-c2cc3c(c4ccnc1c24)c1ccccc1n3-c1cccc2c1sc1ccccc12. The van der Waals surface area contributed by atoms with Crippen LogP contribution in [0.2, 0.25) is 0 Å². The maximum absolute atomic E-state index is 5.00. The molecular weight excluding hydrogens is 492 g/mol. The van der Waals surface area contributed by atoms with Gasteiger partial charge in [-0.05, 0) is 52.4 Å². The molecule has 5 aromatic carbocycles. The molecule has 2 nitrogen and oxygen atoms in total. The molecule has 3 aromatic heterocycles. The van der Waals surface area contributed by atoms with Crippen molar-refractivity contribution in [1.82, 2.24) is 9.55 Å². The van der Waals surface area contributed by atoms with Gasteiger partial charge < -0.3 is 4.57 Å². The van der Waals surface area contributed by atoms with Crippen molar-refractivity contribution in [2.24, 2.45) is 0 Å². The highest BCUT2D eigenvalue weighted by Gasteiger charge is 2.35. The molecule has 0 spiro atoms. The van der Waals surface area contributed by atoms with Gasteiger partial charge in [0, 0.05) is 43.2 Å². The molecule has 0 fully saturated rings. The third kappa shape index (κ3) is 2.63. The summed E-state index contributed by atoms with van der Waals surface area (Å²) in [4.78, 5) is 5.00. The first-order valence-corrected chi connectivity index (χ1v) is 14.3. The second kappa shape index (κ2) is 7.34. The fourth-order valence-corrected chi connectivity index (χ4v) is 8.28. The number of hydrogen-bond donors (Lipinski definition) is 0. The molecule has 1 aliphatic carbocycles. The van der Waals surface area contributed by atoms with Crippen molar-refractivity contribution >= 4 is 64.1 Å². The zero-order valence-electron chi connectivity index (χ0n) is 21.7. The van der Waals surface area contributed by atoms with Crippen molar-refractivity contribution in [3.8, 4) is 16.8 Å². The molecule has 1 aliphatic rings. The maximum Gasteiger partial charge on any atom is 0.0640 e. The third-order valence-electron chi connectivity index (χ3n) is 8.79. The zero-order valence-corrected chi connectivity index (χ0v) is 22.5. The average Bonchev–Trinajstić information content (AvgIpc) is 3.52. The molecule has 0 radical (unpaired) electrons. The summed E-state index contributed by atoms with van der Waals surface area (Å²) in [7, 11) is 0. The van der Waals surface area contributed by atoms with Gasteiger partial charge in [-0.25, -0.2) is 0 Å². The van der Waals surface area contributed by atoms with E-state index >= 15 is 0 Å². The summed E-state index contributed by atoms with van der Waals surface area (Å²) in [6.07, 6.45) is 2.01. The summed E-state index contributed by atoms with van der Waals surface area (Å²) >= 11 is 1.89. The van der Waals surface area contributed by atoms with E-state index in [0.29, 0.717) is 0 Å². The van der Waals surface area contributed by atoms with Gasteiger partial charge in [-0.3, -0.25) is 4.98 Å². The Bertz CT molecular complexity index is 2320. The number of benzene rings is 5. The lowest BCUT2D eigenvalue weighted by Gasteiger charge is -2.34. The van der Waals surface area contributed by atoms with Crippen LogP contribution in [0, 0.1) is 0 Å². The van der Waals surface area contributed by atoms with Crippen molar-refractivity contribution in [3.05, 3.63) is 121 Å². The number of rotatable bonds is 1. The van der Waals surface area contributed by atoms with Crippen molar-refractivity contribution in [2.45, 2.75) is 19.3 Å². The van der Waals surface area contributed by atoms with Gasteiger partial charge in [-0.15, -0.1) is 11.3 Å². The van der Waals surface area contributed by atoms with E-state index in [1.54, 1.807) is 0 Å². The lowest BCUT2D eigenvalue weighted by molar-refractivity contribution is 0.622.